The van der Waals surface area contributed by atoms with Gasteiger partial charge in [0.15, 0.2) is 11.5 Å². The van der Waals surface area contributed by atoms with E-state index >= 15 is 0 Å². The fourth-order valence-corrected chi connectivity index (χ4v) is 6.32. The zero-order chi connectivity index (χ0) is 28.1. The number of anilines is 2. The van der Waals surface area contributed by atoms with Crippen LogP contribution in [-0.2, 0) is 22.6 Å². The molecule has 0 bridgehead atoms. The van der Waals surface area contributed by atoms with Gasteiger partial charge in [-0.25, -0.2) is 0 Å². The van der Waals surface area contributed by atoms with E-state index < -0.39 is 5.25 Å². The summed E-state index contributed by atoms with van der Waals surface area (Å²) >= 11 is 2.69. The first-order chi connectivity index (χ1) is 18.7. The van der Waals surface area contributed by atoms with Crippen LogP contribution in [0.2, 0.25) is 0 Å². The van der Waals surface area contributed by atoms with Gasteiger partial charge in [0, 0.05) is 34.5 Å². The quantitative estimate of drug-likeness (QED) is 0.373. The molecular formula is C28H28N4O5S2. The maximum Gasteiger partial charge on any atom is 0.255 e. The maximum atomic E-state index is 13.0. The van der Waals surface area contributed by atoms with Gasteiger partial charge in [-0.05, 0) is 55.3 Å². The number of fused-ring (bicyclic) bond motifs is 1. The van der Waals surface area contributed by atoms with Crippen molar-refractivity contribution in [3.05, 3.63) is 64.0 Å². The molecule has 0 aliphatic carbocycles. The number of hydrogen-bond acceptors (Lipinski definition) is 8. The van der Waals surface area contributed by atoms with Crippen LogP contribution in [0, 0.1) is 11.3 Å². The summed E-state index contributed by atoms with van der Waals surface area (Å²) < 4.78 is 10.5. The van der Waals surface area contributed by atoms with E-state index in [2.05, 4.69) is 16.7 Å². The molecule has 2 heterocycles. The molecule has 0 fully saturated rings. The molecule has 11 heteroatoms. The number of amides is 3. The number of rotatable bonds is 8. The van der Waals surface area contributed by atoms with E-state index in [1.165, 1.54) is 44.2 Å². The van der Waals surface area contributed by atoms with E-state index in [1.807, 2.05) is 6.07 Å². The smallest absolute Gasteiger partial charge is 0.255 e. The molecule has 0 saturated carbocycles. The molecule has 39 heavy (non-hydrogen) atoms. The molecule has 1 atom stereocenters. The van der Waals surface area contributed by atoms with Crippen LogP contribution in [-0.4, -0.2) is 48.6 Å². The first-order valence-electron chi connectivity index (χ1n) is 12.1. The summed E-state index contributed by atoms with van der Waals surface area (Å²) in [7, 11) is 3.04. The minimum atomic E-state index is -0.471. The van der Waals surface area contributed by atoms with Gasteiger partial charge in [0.25, 0.3) is 5.91 Å². The number of methoxy groups -OCH3 is 2. The van der Waals surface area contributed by atoms with Crippen LogP contribution in [0.4, 0.5) is 10.7 Å². The van der Waals surface area contributed by atoms with Crippen LogP contribution in [0.1, 0.15) is 40.2 Å². The Morgan fingerprint density at radius 2 is 1.87 bits per heavy atom. The van der Waals surface area contributed by atoms with Crippen molar-refractivity contribution in [2.75, 3.05) is 31.4 Å². The van der Waals surface area contributed by atoms with Crippen molar-refractivity contribution in [1.29, 1.82) is 5.26 Å². The lowest BCUT2D eigenvalue weighted by atomic mass is 10.0. The number of thiophene rings is 1. The van der Waals surface area contributed by atoms with Gasteiger partial charge in [-0.3, -0.25) is 14.4 Å². The van der Waals surface area contributed by atoms with Gasteiger partial charge in [-0.15, -0.1) is 23.1 Å². The van der Waals surface area contributed by atoms with Crippen LogP contribution in [0.5, 0.6) is 11.5 Å². The van der Waals surface area contributed by atoms with Crippen LogP contribution in [0.25, 0.3) is 0 Å². The third-order valence-electron chi connectivity index (χ3n) is 6.27. The van der Waals surface area contributed by atoms with Gasteiger partial charge in [0.2, 0.25) is 11.8 Å². The van der Waals surface area contributed by atoms with Crippen molar-refractivity contribution in [3.63, 3.8) is 0 Å². The number of hydrogen-bond donors (Lipinski definition) is 2. The van der Waals surface area contributed by atoms with Crippen molar-refractivity contribution in [2.24, 2.45) is 0 Å². The third-order valence-corrected chi connectivity index (χ3v) is 8.50. The Bertz CT molecular complexity index is 1460. The third kappa shape index (κ3) is 6.35. The average Bonchev–Trinajstić information content (AvgIpc) is 3.28. The zero-order valence-corrected chi connectivity index (χ0v) is 23.6. The summed E-state index contributed by atoms with van der Waals surface area (Å²) in [6.07, 6.45) is 0.594. The number of carbonyl (C=O) groups excluding carboxylic acids is 3. The van der Waals surface area contributed by atoms with Crippen molar-refractivity contribution < 1.29 is 23.9 Å². The monoisotopic (exact) mass is 564 g/mol. The largest absolute Gasteiger partial charge is 0.493 e. The Balaban J connectivity index is 1.41. The molecule has 9 nitrogen and oxygen atoms in total. The summed E-state index contributed by atoms with van der Waals surface area (Å²) in [4.78, 5) is 41.1. The maximum absolute atomic E-state index is 13.0. The van der Waals surface area contributed by atoms with E-state index in [0.717, 1.165) is 15.3 Å². The highest BCUT2D eigenvalue weighted by molar-refractivity contribution is 8.00. The summed E-state index contributed by atoms with van der Waals surface area (Å²) in [6, 6.07) is 14.4. The zero-order valence-electron chi connectivity index (χ0n) is 22.0. The SMILES string of the molecule is COc1ccc(C(=O)Nc2cccc(SC(C)C(=O)Nc3sc4c(c3C#N)CCN(C(C)=O)C4)c2)cc1OC. The number of thioether (sulfide) groups is 1. The fourth-order valence-electron chi connectivity index (χ4n) is 4.18. The molecule has 0 saturated heterocycles. The number of nitrogens with one attached hydrogen (secondary N) is 2. The first-order valence-corrected chi connectivity index (χ1v) is 13.8. The second-order valence-electron chi connectivity index (χ2n) is 8.81. The summed E-state index contributed by atoms with van der Waals surface area (Å²) in [5, 5.41) is 15.6. The van der Waals surface area contributed by atoms with E-state index in [-0.39, 0.29) is 17.7 Å². The average molecular weight is 565 g/mol. The van der Waals surface area contributed by atoms with E-state index in [9.17, 15) is 19.6 Å². The van der Waals surface area contributed by atoms with Crippen molar-refractivity contribution >= 4 is 51.5 Å². The van der Waals surface area contributed by atoms with Crippen molar-refractivity contribution in [3.8, 4) is 17.6 Å². The van der Waals surface area contributed by atoms with Gasteiger partial charge >= 0.3 is 0 Å². The van der Waals surface area contributed by atoms with Crippen LogP contribution < -0.4 is 20.1 Å². The standard InChI is InChI=1S/C28H28N4O5S2/c1-16(26(34)31-28-22(14-29)21-10-11-32(17(2)33)15-25(21)39-28)38-20-7-5-6-19(13-20)30-27(35)18-8-9-23(36-3)24(12-18)37-4/h5-9,12-13,16H,10-11,15H2,1-4H3,(H,30,35)(H,31,34). The number of nitriles is 1. The highest BCUT2D eigenvalue weighted by Gasteiger charge is 2.27. The number of nitrogens with zero attached hydrogens (tertiary/aromatic N) is 2. The number of benzene rings is 2. The van der Waals surface area contributed by atoms with Crippen molar-refractivity contribution in [2.45, 2.75) is 37.0 Å². The van der Waals surface area contributed by atoms with Gasteiger partial charge in [-0.2, -0.15) is 5.26 Å². The van der Waals surface area contributed by atoms with Gasteiger partial charge in [0.05, 0.1) is 31.6 Å². The highest BCUT2D eigenvalue weighted by Crippen LogP contribution is 2.37. The minimum absolute atomic E-state index is 0.00897. The topological polar surface area (TPSA) is 121 Å². The molecule has 3 amide bonds. The highest BCUT2D eigenvalue weighted by atomic mass is 32.2. The Kier molecular flexibility index (Phi) is 8.79. The van der Waals surface area contributed by atoms with Gasteiger partial charge in [-0.1, -0.05) is 6.07 Å². The molecule has 1 unspecified atom stereocenters. The van der Waals surface area contributed by atoms with E-state index in [1.54, 1.807) is 48.2 Å². The lowest BCUT2D eigenvalue weighted by Crippen LogP contribution is -2.33. The molecule has 1 aromatic heterocycles. The predicted molar refractivity (Wildman–Crippen MR) is 152 cm³/mol. The summed E-state index contributed by atoms with van der Waals surface area (Å²) in [5.74, 6) is 0.431. The molecule has 202 valence electrons. The number of carbonyl (C=O) groups is 3. The predicted octanol–water partition coefficient (Wildman–Crippen LogP) is 4.91. The normalized spacial score (nSPS) is 13.1. The fraction of sp³-hybridized carbons (Fsp3) is 0.286. The van der Waals surface area contributed by atoms with Crippen molar-refractivity contribution in [1.82, 2.24) is 4.90 Å². The number of ether oxygens (including phenoxy) is 2. The first kappa shape index (κ1) is 28.0. The molecule has 2 aromatic carbocycles. The second kappa shape index (κ2) is 12.2. The molecular weight excluding hydrogens is 536 g/mol. The van der Waals surface area contributed by atoms with Gasteiger partial charge in [0.1, 0.15) is 11.1 Å². The molecule has 4 rings (SSSR count). The molecule has 1 aliphatic rings. The van der Waals surface area contributed by atoms with E-state index in [0.29, 0.717) is 52.8 Å². The second-order valence-corrected chi connectivity index (χ2v) is 11.3. The van der Waals surface area contributed by atoms with Gasteiger partial charge < -0.3 is 25.0 Å². The molecule has 2 N–H and O–H groups in total. The summed E-state index contributed by atoms with van der Waals surface area (Å²) in [5.41, 5.74) is 2.38. The van der Waals surface area contributed by atoms with Crippen LogP contribution in [0.3, 0.4) is 0 Å². The Morgan fingerprint density at radius 1 is 1.10 bits per heavy atom. The lowest BCUT2D eigenvalue weighted by molar-refractivity contribution is -0.129. The van der Waals surface area contributed by atoms with Crippen LogP contribution >= 0.6 is 23.1 Å². The molecule has 0 spiro atoms. The Hall–Kier alpha value is -4.01. The summed E-state index contributed by atoms with van der Waals surface area (Å²) in [6.45, 7) is 4.33. The molecule has 0 radical (unpaired) electrons. The van der Waals surface area contributed by atoms with E-state index in [4.69, 9.17) is 9.47 Å². The Labute approximate surface area is 235 Å². The van der Waals surface area contributed by atoms with Crippen LogP contribution in [0.15, 0.2) is 47.4 Å². The minimum Gasteiger partial charge on any atom is -0.493 e. The molecule has 3 aromatic rings. The Morgan fingerprint density at radius 3 is 2.56 bits per heavy atom. The molecule has 1 aliphatic heterocycles. The lowest BCUT2D eigenvalue weighted by Gasteiger charge is -2.25.